The lowest BCUT2D eigenvalue weighted by Crippen LogP contribution is -2.44. The maximum Gasteiger partial charge on any atom is 0.315 e. The first-order valence-electron chi connectivity index (χ1n) is 9.02. The molecule has 3 amide bonds. The second-order valence-corrected chi connectivity index (χ2v) is 6.59. The van der Waals surface area contributed by atoms with Crippen LogP contribution < -0.4 is 15.5 Å². The summed E-state index contributed by atoms with van der Waals surface area (Å²) in [6.07, 6.45) is 1.09. The van der Waals surface area contributed by atoms with E-state index in [2.05, 4.69) is 15.5 Å². The first-order chi connectivity index (χ1) is 12.6. The van der Waals surface area contributed by atoms with Crippen LogP contribution in [0.25, 0.3) is 0 Å². The molecule has 3 rings (SSSR count). The van der Waals surface area contributed by atoms with Crippen LogP contribution in [0, 0.1) is 5.82 Å². The number of ether oxygens (including phenoxy) is 1. The van der Waals surface area contributed by atoms with Gasteiger partial charge in [0.05, 0.1) is 19.3 Å². The van der Waals surface area contributed by atoms with Gasteiger partial charge in [-0.15, -0.1) is 0 Å². The van der Waals surface area contributed by atoms with Gasteiger partial charge in [0.15, 0.2) is 0 Å². The third-order valence-corrected chi connectivity index (χ3v) is 4.62. The monoisotopic (exact) mass is 364 g/mol. The molecule has 0 aliphatic carbocycles. The SMILES string of the molecule is O=C(NCCCN1CCOCC1)NC1CC(=O)N(c2cccc(F)c2)C1. The third-order valence-electron chi connectivity index (χ3n) is 4.62. The molecule has 1 aromatic carbocycles. The Hall–Kier alpha value is -2.19. The molecule has 26 heavy (non-hydrogen) atoms. The van der Waals surface area contributed by atoms with Gasteiger partial charge in [-0.25, -0.2) is 9.18 Å². The van der Waals surface area contributed by atoms with E-state index in [1.54, 1.807) is 12.1 Å². The molecule has 7 nitrogen and oxygen atoms in total. The standard InChI is InChI=1S/C18H25FN4O3/c19-14-3-1-4-16(11-14)23-13-15(12-17(23)24)21-18(25)20-5-2-6-22-7-9-26-10-8-22/h1,3-4,11,15H,2,5-10,12-13H2,(H2,20,21,25). The van der Waals surface area contributed by atoms with Gasteiger partial charge in [-0.05, 0) is 31.2 Å². The fraction of sp³-hybridized carbons (Fsp3) is 0.556. The summed E-state index contributed by atoms with van der Waals surface area (Å²) < 4.78 is 18.6. The summed E-state index contributed by atoms with van der Waals surface area (Å²) in [5.74, 6) is -0.502. The van der Waals surface area contributed by atoms with Crippen molar-refractivity contribution in [2.75, 3.05) is 50.8 Å². The smallest absolute Gasteiger partial charge is 0.315 e. The number of carbonyl (C=O) groups is 2. The van der Waals surface area contributed by atoms with Crippen molar-refractivity contribution in [2.24, 2.45) is 0 Å². The minimum Gasteiger partial charge on any atom is -0.379 e. The number of hydrogen-bond donors (Lipinski definition) is 2. The van der Waals surface area contributed by atoms with E-state index in [0.717, 1.165) is 39.3 Å². The summed E-state index contributed by atoms with van der Waals surface area (Å²) in [6, 6.07) is 5.38. The van der Waals surface area contributed by atoms with Crippen LogP contribution in [-0.4, -0.2) is 68.8 Å². The minimum atomic E-state index is -0.385. The highest BCUT2D eigenvalue weighted by atomic mass is 19.1. The number of anilines is 1. The van der Waals surface area contributed by atoms with E-state index in [1.807, 2.05) is 0 Å². The van der Waals surface area contributed by atoms with E-state index in [0.29, 0.717) is 18.8 Å². The summed E-state index contributed by atoms with van der Waals surface area (Å²) in [4.78, 5) is 28.0. The highest BCUT2D eigenvalue weighted by molar-refractivity contribution is 5.96. The van der Waals surface area contributed by atoms with E-state index < -0.39 is 0 Å². The number of nitrogens with one attached hydrogen (secondary N) is 2. The van der Waals surface area contributed by atoms with E-state index in [-0.39, 0.29) is 30.2 Å². The van der Waals surface area contributed by atoms with Crippen LogP contribution in [0.2, 0.25) is 0 Å². The molecule has 0 bridgehead atoms. The maximum atomic E-state index is 13.3. The molecule has 1 aromatic rings. The van der Waals surface area contributed by atoms with Crippen LogP contribution in [0.1, 0.15) is 12.8 Å². The number of morpholine rings is 1. The number of halogens is 1. The normalized spacial score (nSPS) is 21.0. The number of hydrogen-bond acceptors (Lipinski definition) is 4. The van der Waals surface area contributed by atoms with Crippen molar-refractivity contribution in [3.05, 3.63) is 30.1 Å². The number of rotatable bonds is 6. The van der Waals surface area contributed by atoms with Crippen LogP contribution in [0.4, 0.5) is 14.9 Å². The Balaban J connectivity index is 1.37. The van der Waals surface area contributed by atoms with Crippen LogP contribution in [0.15, 0.2) is 24.3 Å². The molecule has 1 unspecified atom stereocenters. The second-order valence-electron chi connectivity index (χ2n) is 6.59. The van der Waals surface area contributed by atoms with Gasteiger partial charge >= 0.3 is 6.03 Å². The lowest BCUT2D eigenvalue weighted by molar-refractivity contribution is -0.117. The molecule has 0 radical (unpaired) electrons. The van der Waals surface area contributed by atoms with Gasteiger partial charge in [-0.1, -0.05) is 6.07 Å². The van der Waals surface area contributed by atoms with Gasteiger partial charge in [0, 0.05) is 38.3 Å². The highest BCUT2D eigenvalue weighted by Crippen LogP contribution is 2.22. The molecule has 2 N–H and O–H groups in total. The Morgan fingerprint density at radius 2 is 2.12 bits per heavy atom. The Labute approximate surface area is 152 Å². The van der Waals surface area contributed by atoms with Crippen molar-refractivity contribution in [2.45, 2.75) is 18.9 Å². The topological polar surface area (TPSA) is 73.9 Å². The minimum absolute atomic E-state index is 0.117. The van der Waals surface area contributed by atoms with Crippen LogP contribution in [0.3, 0.4) is 0 Å². The van der Waals surface area contributed by atoms with Gasteiger partial charge in [-0.2, -0.15) is 0 Å². The fourth-order valence-electron chi connectivity index (χ4n) is 3.26. The van der Waals surface area contributed by atoms with Gasteiger partial charge in [0.2, 0.25) is 5.91 Å². The van der Waals surface area contributed by atoms with E-state index in [1.165, 1.54) is 17.0 Å². The Morgan fingerprint density at radius 1 is 1.31 bits per heavy atom. The number of urea groups is 1. The molecule has 0 spiro atoms. The first kappa shape index (κ1) is 18.6. The van der Waals surface area contributed by atoms with Crippen molar-refractivity contribution in [1.29, 1.82) is 0 Å². The quantitative estimate of drug-likeness (QED) is 0.738. The van der Waals surface area contributed by atoms with Gasteiger partial charge in [0.1, 0.15) is 5.82 Å². The lowest BCUT2D eigenvalue weighted by atomic mass is 10.2. The average molecular weight is 364 g/mol. The molecule has 0 aromatic heterocycles. The first-order valence-corrected chi connectivity index (χ1v) is 9.02. The molecule has 2 fully saturated rings. The molecule has 0 saturated carbocycles. The number of benzene rings is 1. The van der Waals surface area contributed by atoms with Gasteiger partial charge in [-0.3, -0.25) is 9.69 Å². The van der Waals surface area contributed by atoms with Crippen LogP contribution >= 0.6 is 0 Å². The molecule has 2 heterocycles. The Morgan fingerprint density at radius 3 is 2.88 bits per heavy atom. The van der Waals surface area contributed by atoms with Gasteiger partial charge < -0.3 is 20.3 Å². The molecular formula is C18H25FN4O3. The zero-order valence-electron chi connectivity index (χ0n) is 14.7. The predicted octanol–water partition coefficient (Wildman–Crippen LogP) is 0.953. The third kappa shape index (κ3) is 5.15. The van der Waals surface area contributed by atoms with Crippen LogP contribution in [-0.2, 0) is 9.53 Å². The summed E-state index contributed by atoms with van der Waals surface area (Å²) in [5.41, 5.74) is 0.519. The summed E-state index contributed by atoms with van der Waals surface area (Å²) in [6.45, 7) is 5.27. The van der Waals surface area contributed by atoms with Crippen molar-refractivity contribution in [3.63, 3.8) is 0 Å². The van der Waals surface area contributed by atoms with Crippen molar-refractivity contribution in [3.8, 4) is 0 Å². The number of amides is 3. The lowest BCUT2D eigenvalue weighted by Gasteiger charge is -2.26. The molecule has 1 atom stereocenters. The Bertz CT molecular complexity index is 637. The molecule has 8 heteroatoms. The number of carbonyl (C=O) groups excluding carboxylic acids is 2. The van der Waals surface area contributed by atoms with Crippen molar-refractivity contribution in [1.82, 2.24) is 15.5 Å². The van der Waals surface area contributed by atoms with Crippen molar-refractivity contribution < 1.29 is 18.7 Å². The van der Waals surface area contributed by atoms with Crippen LogP contribution in [0.5, 0.6) is 0 Å². The molecule has 2 aliphatic rings. The number of nitrogens with zero attached hydrogens (tertiary/aromatic N) is 2. The van der Waals surface area contributed by atoms with E-state index in [4.69, 9.17) is 4.74 Å². The maximum absolute atomic E-state index is 13.3. The van der Waals surface area contributed by atoms with Crippen molar-refractivity contribution >= 4 is 17.6 Å². The molecule has 142 valence electrons. The largest absolute Gasteiger partial charge is 0.379 e. The molecule has 2 saturated heterocycles. The zero-order valence-corrected chi connectivity index (χ0v) is 14.7. The fourth-order valence-corrected chi connectivity index (χ4v) is 3.26. The van der Waals surface area contributed by atoms with Gasteiger partial charge in [0.25, 0.3) is 0 Å². The highest BCUT2D eigenvalue weighted by Gasteiger charge is 2.31. The summed E-state index contributed by atoms with van der Waals surface area (Å²) >= 11 is 0. The molecule has 2 aliphatic heterocycles. The molecular weight excluding hydrogens is 339 g/mol. The second kappa shape index (κ2) is 8.95. The predicted molar refractivity (Wildman–Crippen MR) is 95.6 cm³/mol. The zero-order chi connectivity index (χ0) is 18.4. The average Bonchev–Trinajstić information content (AvgIpc) is 3.00. The summed E-state index contributed by atoms with van der Waals surface area (Å²) in [7, 11) is 0. The van der Waals surface area contributed by atoms with E-state index in [9.17, 15) is 14.0 Å². The van der Waals surface area contributed by atoms with E-state index >= 15 is 0 Å². The summed E-state index contributed by atoms with van der Waals surface area (Å²) in [5, 5.41) is 5.65. The Kier molecular flexibility index (Phi) is 6.40.